The van der Waals surface area contributed by atoms with E-state index in [4.69, 9.17) is 0 Å². The lowest BCUT2D eigenvalue weighted by molar-refractivity contribution is -0.114. The zero-order valence-corrected chi connectivity index (χ0v) is 18.1. The molecule has 162 valence electrons. The van der Waals surface area contributed by atoms with Crippen molar-refractivity contribution < 1.29 is 23.1 Å². The van der Waals surface area contributed by atoms with Crippen molar-refractivity contribution in [2.75, 3.05) is 5.75 Å². The van der Waals surface area contributed by atoms with E-state index in [0.29, 0.717) is 24.2 Å². The van der Waals surface area contributed by atoms with Gasteiger partial charge in [0.05, 0.1) is 17.1 Å². The van der Waals surface area contributed by atoms with Gasteiger partial charge in [-0.05, 0) is 37.1 Å². The standard InChI is InChI=1S/C22H23N3O5S/c1-3-6-17-11-20(22(27)28)24-25(17)13-16-9-10-19(23-12-16)18-7-4-5-8-21(18)31(29,30)14-15(2)26/h4-5,7-12H,3,6,13-14H2,1-2H3,(H,27,28). The second kappa shape index (κ2) is 9.22. The average molecular weight is 442 g/mol. The van der Waals surface area contributed by atoms with Crippen molar-refractivity contribution in [2.45, 2.75) is 38.1 Å². The fraction of sp³-hybridized carbons (Fsp3) is 0.273. The normalized spacial score (nSPS) is 11.4. The topological polar surface area (TPSA) is 119 Å². The summed E-state index contributed by atoms with van der Waals surface area (Å²) in [5.74, 6) is -2.07. The first kappa shape index (κ1) is 22.4. The lowest BCUT2D eigenvalue weighted by atomic mass is 10.1. The molecule has 1 N–H and O–H groups in total. The molecule has 9 heteroatoms. The monoisotopic (exact) mass is 441 g/mol. The Morgan fingerprint density at radius 1 is 1.13 bits per heavy atom. The molecule has 0 atom stereocenters. The van der Waals surface area contributed by atoms with Gasteiger partial charge in [0.15, 0.2) is 15.5 Å². The van der Waals surface area contributed by atoms with Crippen LogP contribution in [0.15, 0.2) is 53.6 Å². The highest BCUT2D eigenvalue weighted by Gasteiger charge is 2.21. The van der Waals surface area contributed by atoms with E-state index in [1.807, 2.05) is 6.92 Å². The number of nitrogens with zero attached hydrogens (tertiary/aromatic N) is 3. The molecule has 0 spiro atoms. The molecule has 0 fully saturated rings. The van der Waals surface area contributed by atoms with Gasteiger partial charge in [-0.1, -0.05) is 37.6 Å². The molecular weight excluding hydrogens is 418 g/mol. The van der Waals surface area contributed by atoms with Crippen LogP contribution in [-0.2, 0) is 27.6 Å². The summed E-state index contributed by atoms with van der Waals surface area (Å²) in [6, 6.07) is 11.5. The lowest BCUT2D eigenvalue weighted by Crippen LogP contribution is -2.14. The SMILES string of the molecule is CCCc1cc(C(=O)O)nn1Cc1ccc(-c2ccccc2S(=O)(=O)CC(C)=O)nc1. The van der Waals surface area contributed by atoms with Gasteiger partial charge in [0.2, 0.25) is 0 Å². The van der Waals surface area contributed by atoms with Crippen molar-refractivity contribution >= 4 is 21.6 Å². The summed E-state index contributed by atoms with van der Waals surface area (Å²) in [5, 5.41) is 13.4. The molecule has 2 aromatic heterocycles. The molecule has 0 amide bonds. The molecular formula is C22H23N3O5S. The van der Waals surface area contributed by atoms with E-state index in [1.54, 1.807) is 47.3 Å². The molecule has 8 nitrogen and oxygen atoms in total. The summed E-state index contributed by atoms with van der Waals surface area (Å²) >= 11 is 0. The first-order valence-electron chi connectivity index (χ1n) is 9.78. The molecule has 1 aromatic carbocycles. The third-order valence-corrected chi connectivity index (χ3v) is 6.45. The molecule has 0 unspecified atom stereocenters. The van der Waals surface area contributed by atoms with E-state index < -0.39 is 27.3 Å². The van der Waals surface area contributed by atoms with Crippen molar-refractivity contribution in [1.82, 2.24) is 14.8 Å². The highest BCUT2D eigenvalue weighted by molar-refractivity contribution is 7.92. The molecule has 3 aromatic rings. The molecule has 0 saturated heterocycles. The number of carbonyl (C=O) groups is 2. The number of aromatic carboxylic acids is 1. The number of rotatable bonds is 9. The second-order valence-electron chi connectivity index (χ2n) is 7.24. The van der Waals surface area contributed by atoms with Gasteiger partial charge in [-0.3, -0.25) is 14.5 Å². The summed E-state index contributed by atoms with van der Waals surface area (Å²) in [7, 11) is -3.77. The van der Waals surface area contributed by atoms with Crippen molar-refractivity contribution in [3.8, 4) is 11.3 Å². The zero-order chi connectivity index (χ0) is 22.6. The Labute approximate surface area is 180 Å². The van der Waals surface area contributed by atoms with Crippen LogP contribution in [0.5, 0.6) is 0 Å². The van der Waals surface area contributed by atoms with Crippen LogP contribution in [0.25, 0.3) is 11.3 Å². The quantitative estimate of drug-likeness (QED) is 0.542. The van der Waals surface area contributed by atoms with Crippen LogP contribution in [0.1, 0.15) is 42.0 Å². The molecule has 0 bridgehead atoms. The molecule has 31 heavy (non-hydrogen) atoms. The number of carbonyl (C=O) groups excluding carboxylic acids is 1. The van der Waals surface area contributed by atoms with Gasteiger partial charge in [-0.25, -0.2) is 13.2 Å². The summed E-state index contributed by atoms with van der Waals surface area (Å²) in [4.78, 5) is 27.1. The maximum Gasteiger partial charge on any atom is 0.356 e. The van der Waals surface area contributed by atoms with Gasteiger partial charge in [-0.2, -0.15) is 5.10 Å². The maximum absolute atomic E-state index is 12.6. The van der Waals surface area contributed by atoms with E-state index in [-0.39, 0.29) is 10.6 Å². The van der Waals surface area contributed by atoms with Crippen molar-refractivity contribution in [2.24, 2.45) is 0 Å². The minimum absolute atomic E-state index is 0.00219. The number of carboxylic acid groups (broad SMARTS) is 1. The number of benzene rings is 1. The number of aryl methyl sites for hydroxylation is 1. The van der Waals surface area contributed by atoms with Crippen LogP contribution < -0.4 is 0 Å². The molecule has 0 aliphatic rings. The van der Waals surface area contributed by atoms with Gasteiger partial charge in [0, 0.05) is 17.5 Å². The molecule has 0 aliphatic heterocycles. The minimum atomic E-state index is -3.77. The number of aromatic nitrogens is 3. The molecule has 0 saturated carbocycles. The Kier molecular flexibility index (Phi) is 6.65. The van der Waals surface area contributed by atoms with Crippen LogP contribution in [-0.4, -0.2) is 45.8 Å². The first-order valence-corrected chi connectivity index (χ1v) is 11.4. The third kappa shape index (κ3) is 5.24. The van der Waals surface area contributed by atoms with Gasteiger partial charge in [0.1, 0.15) is 11.5 Å². The van der Waals surface area contributed by atoms with Crippen molar-refractivity contribution in [3.63, 3.8) is 0 Å². The summed E-state index contributed by atoms with van der Waals surface area (Å²) in [5.41, 5.74) is 2.51. The largest absolute Gasteiger partial charge is 0.476 e. The number of pyridine rings is 1. The molecule has 3 rings (SSSR count). The minimum Gasteiger partial charge on any atom is -0.476 e. The summed E-state index contributed by atoms with van der Waals surface area (Å²) in [6.07, 6.45) is 3.17. The predicted octanol–water partition coefficient (Wildman–Crippen LogP) is 3.01. The Hall–Kier alpha value is -3.33. The van der Waals surface area contributed by atoms with E-state index in [0.717, 1.165) is 17.7 Å². The van der Waals surface area contributed by atoms with Crippen LogP contribution in [0, 0.1) is 0 Å². The van der Waals surface area contributed by atoms with E-state index in [1.165, 1.54) is 13.0 Å². The number of sulfone groups is 1. The van der Waals surface area contributed by atoms with Crippen molar-refractivity contribution in [1.29, 1.82) is 0 Å². The number of Topliss-reactive ketones (excluding diaryl/α,β-unsaturated/α-hetero) is 1. The van der Waals surface area contributed by atoms with Gasteiger partial charge in [-0.15, -0.1) is 0 Å². The zero-order valence-electron chi connectivity index (χ0n) is 17.3. The average Bonchev–Trinajstić information content (AvgIpc) is 3.11. The van der Waals surface area contributed by atoms with Crippen LogP contribution in [0.3, 0.4) is 0 Å². The van der Waals surface area contributed by atoms with Gasteiger partial charge in [0.25, 0.3) is 0 Å². The fourth-order valence-electron chi connectivity index (χ4n) is 3.30. The fourth-order valence-corrected chi connectivity index (χ4v) is 4.78. The second-order valence-corrected chi connectivity index (χ2v) is 9.20. The predicted molar refractivity (Wildman–Crippen MR) is 115 cm³/mol. The smallest absolute Gasteiger partial charge is 0.356 e. The summed E-state index contributed by atoms with van der Waals surface area (Å²) in [6.45, 7) is 3.59. The number of hydrogen-bond acceptors (Lipinski definition) is 6. The van der Waals surface area contributed by atoms with Crippen molar-refractivity contribution in [3.05, 3.63) is 65.6 Å². The maximum atomic E-state index is 12.6. The van der Waals surface area contributed by atoms with E-state index in [9.17, 15) is 23.1 Å². The number of carboxylic acids is 1. The molecule has 0 radical (unpaired) electrons. The Morgan fingerprint density at radius 2 is 1.87 bits per heavy atom. The first-order chi connectivity index (χ1) is 14.7. The Morgan fingerprint density at radius 3 is 2.48 bits per heavy atom. The number of hydrogen-bond donors (Lipinski definition) is 1. The van der Waals surface area contributed by atoms with Crippen LogP contribution in [0.2, 0.25) is 0 Å². The number of ketones is 1. The van der Waals surface area contributed by atoms with Gasteiger partial charge < -0.3 is 5.11 Å². The highest BCUT2D eigenvalue weighted by Crippen LogP contribution is 2.27. The van der Waals surface area contributed by atoms with Gasteiger partial charge >= 0.3 is 5.97 Å². The Bertz CT molecular complexity index is 1210. The third-order valence-electron chi connectivity index (χ3n) is 4.64. The molecule has 2 heterocycles. The van der Waals surface area contributed by atoms with E-state index in [2.05, 4.69) is 10.1 Å². The molecule has 0 aliphatic carbocycles. The highest BCUT2D eigenvalue weighted by atomic mass is 32.2. The van der Waals surface area contributed by atoms with Crippen LogP contribution in [0.4, 0.5) is 0 Å². The Balaban J connectivity index is 1.91. The summed E-state index contributed by atoms with van der Waals surface area (Å²) < 4.78 is 26.8. The lowest BCUT2D eigenvalue weighted by Gasteiger charge is -2.11. The van der Waals surface area contributed by atoms with E-state index >= 15 is 0 Å². The van der Waals surface area contributed by atoms with Crippen LogP contribution >= 0.6 is 0 Å².